The van der Waals surface area contributed by atoms with Gasteiger partial charge in [-0.3, -0.25) is 0 Å². The van der Waals surface area contributed by atoms with E-state index >= 15 is 0 Å². The number of benzene rings is 3. The molecule has 0 saturated carbocycles. The molecule has 0 spiro atoms. The van der Waals surface area contributed by atoms with Crippen molar-refractivity contribution in [3.8, 4) is 22.6 Å². The summed E-state index contributed by atoms with van der Waals surface area (Å²) in [6.45, 7) is 0. The van der Waals surface area contributed by atoms with E-state index in [9.17, 15) is 10.2 Å². The molecule has 142 valence electrons. The molecule has 0 aliphatic carbocycles. The number of phenolic OH excluding ortho intramolecular Hbond substituents is 2. The maximum atomic E-state index is 9.77. The minimum Gasteiger partial charge on any atom is -0.504 e. The van der Waals surface area contributed by atoms with Crippen LogP contribution < -0.4 is 5.73 Å². The van der Waals surface area contributed by atoms with Crippen LogP contribution in [0.15, 0.2) is 66.7 Å². The topological polar surface area (TPSA) is 66.5 Å². The number of nitrogen functional groups attached to an aromatic ring is 1. The van der Waals surface area contributed by atoms with Gasteiger partial charge in [-0.2, -0.15) is 0 Å². The highest BCUT2D eigenvalue weighted by Crippen LogP contribution is 2.38. The van der Waals surface area contributed by atoms with Gasteiger partial charge in [0, 0.05) is 5.56 Å². The maximum absolute atomic E-state index is 9.77. The molecular formula is C23H26INO2. The molecule has 0 fully saturated rings. The van der Waals surface area contributed by atoms with Crippen LogP contribution in [0.2, 0.25) is 0 Å². The summed E-state index contributed by atoms with van der Waals surface area (Å²) in [6, 6.07) is 22.0. The van der Waals surface area contributed by atoms with E-state index in [2.05, 4.69) is 59.0 Å². The molecule has 0 bridgehead atoms. The molecule has 3 aromatic carbocycles. The number of aromatic hydroxyl groups is 2. The molecule has 0 saturated heterocycles. The van der Waals surface area contributed by atoms with Crippen molar-refractivity contribution in [2.45, 2.75) is 25.7 Å². The molecule has 0 unspecified atom stereocenters. The first-order valence-electron chi connectivity index (χ1n) is 8.96. The fourth-order valence-corrected chi connectivity index (χ4v) is 3.00. The molecular weight excluding hydrogens is 449 g/mol. The predicted molar refractivity (Wildman–Crippen MR) is 123 cm³/mol. The Morgan fingerprint density at radius 3 is 1.89 bits per heavy atom. The number of rotatable bonds is 6. The molecule has 0 radical (unpaired) electrons. The second-order valence-corrected chi connectivity index (χ2v) is 6.28. The quantitative estimate of drug-likeness (QED) is 0.135. The SMILES string of the molecule is CI.Nc1c(-c2ccc(CCCCc3ccccc3)cc2)ccc(O)c1O. The van der Waals surface area contributed by atoms with E-state index in [1.807, 2.05) is 23.1 Å². The van der Waals surface area contributed by atoms with Crippen LogP contribution in [-0.2, 0) is 12.8 Å². The number of hydrogen-bond acceptors (Lipinski definition) is 3. The number of alkyl halides is 1. The van der Waals surface area contributed by atoms with Crippen LogP contribution in [-0.4, -0.2) is 15.1 Å². The summed E-state index contributed by atoms with van der Waals surface area (Å²) >= 11 is 2.15. The minimum atomic E-state index is -0.262. The van der Waals surface area contributed by atoms with Crippen LogP contribution in [0.25, 0.3) is 11.1 Å². The van der Waals surface area contributed by atoms with E-state index in [4.69, 9.17) is 5.73 Å². The zero-order valence-electron chi connectivity index (χ0n) is 15.5. The number of nitrogens with two attached hydrogens (primary N) is 1. The lowest BCUT2D eigenvalue weighted by Gasteiger charge is -2.10. The van der Waals surface area contributed by atoms with Crippen LogP contribution in [0, 0.1) is 0 Å². The molecule has 3 rings (SSSR count). The minimum absolute atomic E-state index is 0.198. The zero-order chi connectivity index (χ0) is 19.6. The van der Waals surface area contributed by atoms with Crippen molar-refractivity contribution in [2.75, 3.05) is 10.7 Å². The Labute approximate surface area is 175 Å². The van der Waals surface area contributed by atoms with Crippen molar-refractivity contribution in [3.05, 3.63) is 77.9 Å². The van der Waals surface area contributed by atoms with Crippen molar-refractivity contribution < 1.29 is 10.2 Å². The first kappa shape index (κ1) is 21.1. The van der Waals surface area contributed by atoms with Crippen LogP contribution in [0.1, 0.15) is 24.0 Å². The number of phenols is 2. The van der Waals surface area contributed by atoms with Crippen LogP contribution in [0.4, 0.5) is 5.69 Å². The summed E-state index contributed by atoms with van der Waals surface area (Å²) in [6.07, 6.45) is 4.48. The Kier molecular flexibility index (Phi) is 8.45. The highest BCUT2D eigenvalue weighted by molar-refractivity contribution is 14.1. The average molecular weight is 475 g/mol. The van der Waals surface area contributed by atoms with Gasteiger partial charge >= 0.3 is 0 Å². The van der Waals surface area contributed by atoms with E-state index < -0.39 is 0 Å². The van der Waals surface area contributed by atoms with E-state index in [0.717, 1.165) is 30.4 Å². The van der Waals surface area contributed by atoms with E-state index in [0.29, 0.717) is 0 Å². The number of unbranched alkanes of at least 4 members (excludes halogenated alkanes) is 1. The van der Waals surface area contributed by atoms with E-state index in [-0.39, 0.29) is 17.2 Å². The molecule has 4 N–H and O–H groups in total. The van der Waals surface area contributed by atoms with Crippen molar-refractivity contribution in [1.29, 1.82) is 0 Å². The Morgan fingerprint density at radius 1 is 0.741 bits per heavy atom. The van der Waals surface area contributed by atoms with Gasteiger partial charge in [0.25, 0.3) is 0 Å². The summed E-state index contributed by atoms with van der Waals surface area (Å²) < 4.78 is 0. The lowest BCUT2D eigenvalue weighted by atomic mass is 9.99. The maximum Gasteiger partial charge on any atom is 0.181 e. The van der Waals surface area contributed by atoms with Crippen LogP contribution >= 0.6 is 22.6 Å². The van der Waals surface area contributed by atoms with Gasteiger partial charge in [-0.25, -0.2) is 0 Å². The number of halogens is 1. The smallest absolute Gasteiger partial charge is 0.181 e. The fraction of sp³-hybridized carbons (Fsp3) is 0.217. The largest absolute Gasteiger partial charge is 0.504 e. The van der Waals surface area contributed by atoms with E-state index in [1.165, 1.54) is 23.6 Å². The molecule has 0 aliphatic heterocycles. The Bertz CT molecular complexity index is 833. The van der Waals surface area contributed by atoms with Crippen molar-refractivity contribution >= 4 is 28.3 Å². The second-order valence-electron chi connectivity index (χ2n) is 6.28. The third kappa shape index (κ3) is 5.89. The summed E-state index contributed by atoms with van der Waals surface area (Å²) in [5.41, 5.74) is 10.4. The standard InChI is InChI=1S/C22H23NO2.CH3I/c23-21-19(14-15-20(24)22(21)25)18-12-10-17(11-13-18)9-5-4-8-16-6-2-1-3-7-16;1-2/h1-3,6-7,10-15,24-25H,4-5,8-9,23H2;1H3. The second kappa shape index (κ2) is 10.8. The van der Waals surface area contributed by atoms with Gasteiger partial charge in [0.1, 0.15) is 0 Å². The normalized spacial score (nSPS) is 10.1. The fourth-order valence-electron chi connectivity index (χ4n) is 3.00. The molecule has 27 heavy (non-hydrogen) atoms. The van der Waals surface area contributed by atoms with Gasteiger partial charge in [-0.15, -0.1) is 0 Å². The molecule has 3 aromatic rings. The molecule has 0 aromatic heterocycles. The molecule has 0 atom stereocenters. The summed E-state index contributed by atoms with van der Waals surface area (Å²) in [7, 11) is 0. The average Bonchev–Trinajstić information content (AvgIpc) is 2.72. The summed E-state index contributed by atoms with van der Waals surface area (Å²) in [5, 5.41) is 19.3. The lowest BCUT2D eigenvalue weighted by Crippen LogP contribution is -1.92. The van der Waals surface area contributed by atoms with Gasteiger partial charge < -0.3 is 15.9 Å². The highest BCUT2D eigenvalue weighted by atomic mass is 127. The van der Waals surface area contributed by atoms with Gasteiger partial charge in [-0.05, 0) is 59.4 Å². The number of hydrogen-bond donors (Lipinski definition) is 3. The van der Waals surface area contributed by atoms with Crippen molar-refractivity contribution in [3.63, 3.8) is 0 Å². The highest BCUT2D eigenvalue weighted by Gasteiger charge is 2.10. The molecule has 0 amide bonds. The summed E-state index contributed by atoms with van der Waals surface area (Å²) in [4.78, 5) is 1.97. The predicted octanol–water partition coefficient (Wildman–Crippen LogP) is 5.96. The Morgan fingerprint density at radius 2 is 1.30 bits per heavy atom. The lowest BCUT2D eigenvalue weighted by molar-refractivity contribution is 0.406. The third-order valence-corrected chi connectivity index (χ3v) is 4.48. The Hall–Kier alpha value is -2.21. The van der Waals surface area contributed by atoms with Crippen LogP contribution in [0.3, 0.4) is 0 Å². The Balaban J connectivity index is 0.00000126. The van der Waals surface area contributed by atoms with E-state index in [1.54, 1.807) is 6.07 Å². The van der Waals surface area contributed by atoms with Crippen molar-refractivity contribution in [2.24, 2.45) is 0 Å². The van der Waals surface area contributed by atoms with Crippen molar-refractivity contribution in [1.82, 2.24) is 0 Å². The first-order chi connectivity index (χ1) is 13.1. The van der Waals surface area contributed by atoms with Crippen LogP contribution in [0.5, 0.6) is 11.5 Å². The van der Waals surface area contributed by atoms with Gasteiger partial charge in [0.2, 0.25) is 0 Å². The number of aryl methyl sites for hydroxylation is 2. The monoisotopic (exact) mass is 475 g/mol. The van der Waals surface area contributed by atoms with Gasteiger partial charge in [0.15, 0.2) is 11.5 Å². The number of anilines is 1. The van der Waals surface area contributed by atoms with Gasteiger partial charge in [-0.1, -0.05) is 77.2 Å². The third-order valence-electron chi connectivity index (χ3n) is 4.48. The zero-order valence-corrected chi connectivity index (χ0v) is 17.7. The molecule has 0 aliphatic rings. The molecule has 4 heteroatoms. The molecule has 0 heterocycles. The summed E-state index contributed by atoms with van der Waals surface area (Å²) in [5.74, 6) is -0.459. The van der Waals surface area contributed by atoms with Gasteiger partial charge in [0.05, 0.1) is 5.69 Å². The molecule has 3 nitrogen and oxygen atoms in total. The first-order valence-corrected chi connectivity index (χ1v) is 11.1.